The lowest BCUT2D eigenvalue weighted by molar-refractivity contribution is 0.225. The van der Waals surface area contributed by atoms with Crippen molar-refractivity contribution in [3.8, 4) is 0 Å². The maximum absolute atomic E-state index is 6.15. The number of benzene rings is 1. The summed E-state index contributed by atoms with van der Waals surface area (Å²) in [6, 6.07) is 5.96. The first-order valence-electron chi connectivity index (χ1n) is 5.03. The van der Waals surface area contributed by atoms with E-state index in [0.29, 0.717) is 0 Å². The molecule has 0 bridgehead atoms. The Morgan fingerprint density at radius 1 is 1.47 bits per heavy atom. The molecule has 0 fully saturated rings. The van der Waals surface area contributed by atoms with Crippen molar-refractivity contribution in [1.82, 2.24) is 0 Å². The average Bonchev–Trinajstić information content (AvgIpc) is 2.74. The van der Waals surface area contributed by atoms with Crippen molar-refractivity contribution < 1.29 is 4.74 Å². The van der Waals surface area contributed by atoms with Crippen molar-refractivity contribution in [2.45, 2.75) is 19.4 Å². The smallest absolute Gasteiger partial charge is 0.113 e. The zero-order valence-corrected chi connectivity index (χ0v) is 10.3. The van der Waals surface area contributed by atoms with Gasteiger partial charge in [0.25, 0.3) is 0 Å². The fraction of sp³-hybridized carbons (Fsp3) is 0.333. The van der Waals surface area contributed by atoms with Crippen molar-refractivity contribution in [3.63, 3.8) is 0 Å². The second-order valence-corrected chi connectivity index (χ2v) is 4.49. The van der Waals surface area contributed by atoms with Crippen molar-refractivity contribution in [3.05, 3.63) is 45.6 Å². The molecule has 2 N–H and O–H groups in total. The Balaban J connectivity index is 2.32. The SMILES string of the molecule is Cc1cccc(C(N)C2=CCCO2)c1Br. The van der Waals surface area contributed by atoms with Gasteiger partial charge in [-0.1, -0.05) is 34.1 Å². The molecule has 1 unspecified atom stereocenters. The van der Waals surface area contributed by atoms with Gasteiger partial charge < -0.3 is 10.5 Å². The zero-order chi connectivity index (χ0) is 10.8. The van der Waals surface area contributed by atoms with Crippen LogP contribution in [0.1, 0.15) is 23.6 Å². The van der Waals surface area contributed by atoms with Crippen LogP contribution in [0, 0.1) is 6.92 Å². The Hall–Kier alpha value is -0.800. The number of nitrogens with two attached hydrogens (primary N) is 1. The first-order valence-corrected chi connectivity index (χ1v) is 5.83. The summed E-state index contributed by atoms with van der Waals surface area (Å²) in [6.07, 6.45) is 3.03. The highest BCUT2D eigenvalue weighted by Crippen LogP contribution is 2.31. The summed E-state index contributed by atoms with van der Waals surface area (Å²) >= 11 is 3.57. The lowest BCUT2D eigenvalue weighted by Crippen LogP contribution is -2.14. The van der Waals surface area contributed by atoms with E-state index >= 15 is 0 Å². The van der Waals surface area contributed by atoms with E-state index in [1.54, 1.807) is 0 Å². The highest BCUT2D eigenvalue weighted by atomic mass is 79.9. The van der Waals surface area contributed by atoms with Gasteiger partial charge in [-0.3, -0.25) is 0 Å². The minimum Gasteiger partial charge on any atom is -0.496 e. The van der Waals surface area contributed by atoms with Crippen LogP contribution in [-0.4, -0.2) is 6.61 Å². The molecule has 0 radical (unpaired) electrons. The Labute approximate surface area is 98.2 Å². The van der Waals surface area contributed by atoms with E-state index in [2.05, 4.69) is 35.0 Å². The van der Waals surface area contributed by atoms with E-state index in [1.165, 1.54) is 5.56 Å². The topological polar surface area (TPSA) is 35.2 Å². The van der Waals surface area contributed by atoms with Crippen LogP contribution in [0.2, 0.25) is 0 Å². The average molecular weight is 268 g/mol. The third-order valence-corrected chi connectivity index (χ3v) is 3.68. The number of aryl methyl sites for hydroxylation is 1. The molecule has 2 rings (SSSR count). The molecular weight excluding hydrogens is 254 g/mol. The van der Waals surface area contributed by atoms with Crippen LogP contribution < -0.4 is 5.73 Å². The molecular formula is C12H14BrNO. The molecule has 0 aliphatic carbocycles. The second kappa shape index (κ2) is 4.37. The molecule has 0 aromatic heterocycles. The third kappa shape index (κ3) is 2.08. The first kappa shape index (κ1) is 10.7. The largest absolute Gasteiger partial charge is 0.496 e. The summed E-state index contributed by atoms with van der Waals surface area (Å²) in [7, 11) is 0. The van der Waals surface area contributed by atoms with Crippen LogP contribution in [0.3, 0.4) is 0 Å². The lowest BCUT2D eigenvalue weighted by Gasteiger charge is -2.16. The second-order valence-electron chi connectivity index (χ2n) is 3.70. The minimum atomic E-state index is -0.151. The predicted octanol–water partition coefficient (Wildman–Crippen LogP) is 3.06. The van der Waals surface area contributed by atoms with Crippen molar-refractivity contribution in [2.24, 2.45) is 5.73 Å². The van der Waals surface area contributed by atoms with E-state index in [0.717, 1.165) is 28.8 Å². The van der Waals surface area contributed by atoms with Gasteiger partial charge in [0, 0.05) is 10.9 Å². The van der Waals surface area contributed by atoms with Crippen LogP contribution in [0.15, 0.2) is 34.5 Å². The van der Waals surface area contributed by atoms with Crippen LogP contribution in [-0.2, 0) is 4.74 Å². The monoisotopic (exact) mass is 267 g/mol. The number of hydrogen-bond acceptors (Lipinski definition) is 2. The molecule has 0 spiro atoms. The van der Waals surface area contributed by atoms with Crippen molar-refractivity contribution in [1.29, 1.82) is 0 Å². The maximum Gasteiger partial charge on any atom is 0.113 e. The van der Waals surface area contributed by atoms with E-state index in [4.69, 9.17) is 10.5 Å². The Morgan fingerprint density at radius 3 is 2.93 bits per heavy atom. The highest BCUT2D eigenvalue weighted by molar-refractivity contribution is 9.10. The molecule has 1 heterocycles. The maximum atomic E-state index is 6.15. The fourth-order valence-corrected chi connectivity index (χ4v) is 2.23. The molecule has 2 nitrogen and oxygen atoms in total. The van der Waals surface area contributed by atoms with Gasteiger partial charge in [0.05, 0.1) is 12.6 Å². The van der Waals surface area contributed by atoms with Gasteiger partial charge in [0.1, 0.15) is 5.76 Å². The van der Waals surface area contributed by atoms with E-state index in [-0.39, 0.29) is 6.04 Å². The van der Waals surface area contributed by atoms with E-state index in [9.17, 15) is 0 Å². The van der Waals surface area contributed by atoms with Gasteiger partial charge in [-0.25, -0.2) is 0 Å². The molecule has 1 aliphatic heterocycles. The number of ether oxygens (including phenoxy) is 1. The van der Waals surface area contributed by atoms with Gasteiger partial charge in [0.15, 0.2) is 0 Å². The number of hydrogen-bond donors (Lipinski definition) is 1. The molecule has 0 saturated heterocycles. The molecule has 0 amide bonds. The van der Waals surface area contributed by atoms with Gasteiger partial charge in [0.2, 0.25) is 0 Å². The standard InChI is InChI=1S/C12H14BrNO/c1-8-4-2-5-9(11(8)13)12(14)10-6-3-7-15-10/h2,4-6,12H,3,7,14H2,1H3. The molecule has 0 saturated carbocycles. The van der Waals surface area contributed by atoms with Crippen LogP contribution in [0.4, 0.5) is 0 Å². The van der Waals surface area contributed by atoms with E-state index < -0.39 is 0 Å². The Kier molecular flexibility index (Phi) is 3.12. The van der Waals surface area contributed by atoms with Gasteiger partial charge >= 0.3 is 0 Å². The van der Waals surface area contributed by atoms with Crippen LogP contribution >= 0.6 is 15.9 Å². The molecule has 80 valence electrons. The van der Waals surface area contributed by atoms with Gasteiger partial charge in [-0.15, -0.1) is 0 Å². The first-order chi connectivity index (χ1) is 7.20. The van der Waals surface area contributed by atoms with Crippen molar-refractivity contribution in [2.75, 3.05) is 6.61 Å². The van der Waals surface area contributed by atoms with Crippen LogP contribution in [0.25, 0.3) is 0 Å². The van der Waals surface area contributed by atoms with Crippen molar-refractivity contribution >= 4 is 15.9 Å². The molecule has 1 aliphatic rings. The number of rotatable bonds is 2. The van der Waals surface area contributed by atoms with Gasteiger partial charge in [-0.2, -0.15) is 0 Å². The summed E-state index contributed by atoms with van der Waals surface area (Å²) in [5.74, 6) is 0.890. The highest BCUT2D eigenvalue weighted by Gasteiger charge is 2.19. The van der Waals surface area contributed by atoms with E-state index in [1.807, 2.05) is 12.1 Å². The Morgan fingerprint density at radius 2 is 2.27 bits per heavy atom. The molecule has 1 atom stereocenters. The summed E-state index contributed by atoms with van der Waals surface area (Å²) in [5.41, 5.74) is 8.43. The predicted molar refractivity (Wildman–Crippen MR) is 64.5 cm³/mol. The molecule has 1 aromatic rings. The zero-order valence-electron chi connectivity index (χ0n) is 8.66. The normalized spacial score (nSPS) is 17.1. The summed E-state index contributed by atoms with van der Waals surface area (Å²) in [6.45, 7) is 2.82. The number of halogens is 1. The molecule has 3 heteroatoms. The fourth-order valence-electron chi connectivity index (χ4n) is 1.72. The minimum absolute atomic E-state index is 0.151. The lowest BCUT2D eigenvalue weighted by atomic mass is 10.0. The quantitative estimate of drug-likeness (QED) is 0.894. The summed E-state index contributed by atoms with van der Waals surface area (Å²) in [5, 5.41) is 0. The molecule has 1 aromatic carbocycles. The summed E-state index contributed by atoms with van der Waals surface area (Å²) in [4.78, 5) is 0. The summed E-state index contributed by atoms with van der Waals surface area (Å²) < 4.78 is 6.56. The van der Waals surface area contributed by atoms with Crippen LogP contribution in [0.5, 0.6) is 0 Å². The Bertz CT molecular complexity index is 401. The molecule has 15 heavy (non-hydrogen) atoms. The third-order valence-electron chi connectivity index (χ3n) is 2.60. The van der Waals surface area contributed by atoms with Gasteiger partial charge in [-0.05, 0) is 24.1 Å².